The molecule has 0 bridgehead atoms. The number of amides is 1. The molecule has 21 heavy (non-hydrogen) atoms. The van der Waals surface area contributed by atoms with Gasteiger partial charge in [-0.2, -0.15) is 0 Å². The van der Waals surface area contributed by atoms with Crippen LogP contribution in [0.3, 0.4) is 0 Å². The molecule has 1 heterocycles. The Balaban J connectivity index is 1.64. The van der Waals surface area contributed by atoms with E-state index < -0.39 is 0 Å². The third-order valence-electron chi connectivity index (χ3n) is 3.70. The van der Waals surface area contributed by atoms with Crippen LogP contribution >= 0.6 is 15.9 Å². The van der Waals surface area contributed by atoms with Gasteiger partial charge < -0.3 is 15.6 Å². The van der Waals surface area contributed by atoms with Crippen LogP contribution < -0.4 is 11.1 Å². The SMILES string of the molecule is NC(CNC(=O)c1cc(Br)cn1C1CC1)c1ccccc1. The number of nitrogens with zero attached hydrogens (tertiary/aromatic N) is 1. The van der Waals surface area contributed by atoms with E-state index in [1.165, 1.54) is 0 Å². The molecule has 3 N–H and O–H groups in total. The molecule has 3 rings (SSSR count). The second kappa shape index (κ2) is 6.03. The van der Waals surface area contributed by atoms with Crippen molar-refractivity contribution in [3.63, 3.8) is 0 Å². The van der Waals surface area contributed by atoms with Crippen molar-refractivity contribution < 1.29 is 4.79 Å². The number of aromatic nitrogens is 1. The molecule has 0 aliphatic heterocycles. The zero-order chi connectivity index (χ0) is 14.8. The van der Waals surface area contributed by atoms with Crippen LogP contribution in [-0.4, -0.2) is 17.0 Å². The topological polar surface area (TPSA) is 60.0 Å². The minimum absolute atomic E-state index is 0.0704. The molecular formula is C16H18BrN3O. The lowest BCUT2D eigenvalue weighted by molar-refractivity contribution is 0.0941. The molecule has 0 saturated heterocycles. The first-order chi connectivity index (χ1) is 10.1. The van der Waals surface area contributed by atoms with Gasteiger partial charge >= 0.3 is 0 Å². The second-order valence-electron chi connectivity index (χ2n) is 5.41. The number of rotatable bonds is 5. The average Bonchev–Trinajstić information content (AvgIpc) is 3.27. The third-order valence-corrected chi connectivity index (χ3v) is 4.13. The van der Waals surface area contributed by atoms with E-state index in [2.05, 4.69) is 21.2 Å². The van der Waals surface area contributed by atoms with E-state index in [1.807, 2.05) is 47.2 Å². The van der Waals surface area contributed by atoms with Gasteiger partial charge in [-0.1, -0.05) is 30.3 Å². The van der Waals surface area contributed by atoms with Crippen molar-refractivity contribution >= 4 is 21.8 Å². The van der Waals surface area contributed by atoms with Crippen LogP contribution in [0.15, 0.2) is 47.1 Å². The normalized spacial score (nSPS) is 15.7. The van der Waals surface area contributed by atoms with Gasteiger partial charge in [-0.15, -0.1) is 0 Å². The van der Waals surface area contributed by atoms with Gasteiger partial charge in [-0.25, -0.2) is 0 Å². The van der Waals surface area contributed by atoms with Gasteiger partial charge in [-0.3, -0.25) is 4.79 Å². The summed E-state index contributed by atoms with van der Waals surface area (Å²) in [7, 11) is 0. The summed E-state index contributed by atoms with van der Waals surface area (Å²) in [4.78, 5) is 12.3. The number of nitrogens with two attached hydrogens (primary N) is 1. The molecule has 1 amide bonds. The number of halogens is 1. The van der Waals surface area contributed by atoms with Crippen LogP contribution in [0, 0.1) is 0 Å². The lowest BCUT2D eigenvalue weighted by Crippen LogP contribution is -2.33. The predicted molar refractivity (Wildman–Crippen MR) is 86.1 cm³/mol. The molecule has 1 unspecified atom stereocenters. The van der Waals surface area contributed by atoms with Crippen LogP contribution in [0.25, 0.3) is 0 Å². The van der Waals surface area contributed by atoms with E-state index in [-0.39, 0.29) is 11.9 Å². The molecule has 1 fully saturated rings. The molecule has 1 aromatic carbocycles. The lowest BCUT2D eigenvalue weighted by atomic mass is 10.1. The molecule has 1 aromatic heterocycles. The highest BCUT2D eigenvalue weighted by Crippen LogP contribution is 2.37. The van der Waals surface area contributed by atoms with Gasteiger partial charge in [0.05, 0.1) is 0 Å². The average molecular weight is 348 g/mol. The van der Waals surface area contributed by atoms with Crippen molar-refractivity contribution in [2.45, 2.75) is 24.9 Å². The number of carbonyl (C=O) groups is 1. The fourth-order valence-electron chi connectivity index (χ4n) is 2.39. The van der Waals surface area contributed by atoms with Crippen LogP contribution in [0.2, 0.25) is 0 Å². The van der Waals surface area contributed by atoms with Gasteiger partial charge in [0.25, 0.3) is 5.91 Å². The predicted octanol–water partition coefficient (Wildman–Crippen LogP) is 3.02. The molecule has 1 atom stereocenters. The Bertz CT molecular complexity index is 634. The largest absolute Gasteiger partial charge is 0.349 e. The van der Waals surface area contributed by atoms with Gasteiger partial charge in [-0.05, 0) is 40.4 Å². The van der Waals surface area contributed by atoms with Crippen LogP contribution in [-0.2, 0) is 0 Å². The maximum absolute atomic E-state index is 12.3. The Morgan fingerprint density at radius 3 is 2.76 bits per heavy atom. The molecule has 0 spiro atoms. The minimum Gasteiger partial charge on any atom is -0.349 e. The number of benzene rings is 1. The van der Waals surface area contributed by atoms with E-state index in [4.69, 9.17) is 5.73 Å². The Hall–Kier alpha value is -1.59. The van der Waals surface area contributed by atoms with Crippen molar-refractivity contribution in [1.82, 2.24) is 9.88 Å². The highest BCUT2D eigenvalue weighted by Gasteiger charge is 2.27. The Kier molecular flexibility index (Phi) is 4.12. The highest BCUT2D eigenvalue weighted by molar-refractivity contribution is 9.10. The summed E-state index contributed by atoms with van der Waals surface area (Å²) in [6.07, 6.45) is 4.26. The van der Waals surface area contributed by atoms with Gasteiger partial charge in [0.1, 0.15) is 5.69 Å². The Morgan fingerprint density at radius 1 is 1.38 bits per heavy atom. The zero-order valence-corrected chi connectivity index (χ0v) is 13.2. The summed E-state index contributed by atoms with van der Waals surface area (Å²) in [5.41, 5.74) is 7.83. The molecule has 0 radical (unpaired) electrons. The van der Waals surface area contributed by atoms with Crippen molar-refractivity contribution in [2.24, 2.45) is 5.73 Å². The van der Waals surface area contributed by atoms with Crippen LogP contribution in [0.1, 0.15) is 41.0 Å². The quantitative estimate of drug-likeness (QED) is 0.873. The zero-order valence-electron chi connectivity index (χ0n) is 11.6. The van der Waals surface area contributed by atoms with E-state index in [1.54, 1.807) is 0 Å². The fraction of sp³-hybridized carbons (Fsp3) is 0.312. The van der Waals surface area contributed by atoms with Gasteiger partial charge in [0.2, 0.25) is 0 Å². The summed E-state index contributed by atoms with van der Waals surface area (Å²) in [5, 5.41) is 2.93. The number of hydrogen-bond acceptors (Lipinski definition) is 2. The van der Waals surface area contributed by atoms with Crippen molar-refractivity contribution in [2.75, 3.05) is 6.54 Å². The fourth-order valence-corrected chi connectivity index (χ4v) is 2.83. The monoisotopic (exact) mass is 347 g/mol. The second-order valence-corrected chi connectivity index (χ2v) is 6.32. The summed E-state index contributed by atoms with van der Waals surface area (Å²) in [6.45, 7) is 0.427. The number of carbonyl (C=O) groups excluding carboxylic acids is 1. The lowest BCUT2D eigenvalue weighted by Gasteiger charge is -2.14. The van der Waals surface area contributed by atoms with E-state index >= 15 is 0 Å². The third kappa shape index (κ3) is 3.36. The summed E-state index contributed by atoms with van der Waals surface area (Å²) < 4.78 is 2.99. The van der Waals surface area contributed by atoms with Crippen LogP contribution in [0.4, 0.5) is 0 Å². The number of nitrogens with one attached hydrogen (secondary N) is 1. The smallest absolute Gasteiger partial charge is 0.268 e. The summed E-state index contributed by atoms with van der Waals surface area (Å²) in [5.74, 6) is -0.0704. The molecule has 1 saturated carbocycles. The first-order valence-corrected chi connectivity index (χ1v) is 7.90. The molecule has 1 aliphatic rings. The Morgan fingerprint density at radius 2 is 2.10 bits per heavy atom. The molecule has 2 aromatic rings. The standard InChI is InChI=1S/C16H18BrN3O/c17-12-8-15(20(10-12)13-6-7-13)16(21)19-9-14(18)11-4-2-1-3-5-11/h1-5,8,10,13-14H,6-7,9,18H2,(H,19,21). The molecule has 5 heteroatoms. The van der Waals surface area contributed by atoms with Gasteiger partial charge in [0, 0.05) is 29.3 Å². The van der Waals surface area contributed by atoms with E-state index in [9.17, 15) is 4.79 Å². The summed E-state index contributed by atoms with van der Waals surface area (Å²) in [6, 6.07) is 11.9. The van der Waals surface area contributed by atoms with Crippen LogP contribution in [0.5, 0.6) is 0 Å². The molecular weight excluding hydrogens is 330 g/mol. The first kappa shape index (κ1) is 14.4. The molecule has 110 valence electrons. The Labute approximate surface area is 132 Å². The first-order valence-electron chi connectivity index (χ1n) is 7.11. The van der Waals surface area contributed by atoms with Gasteiger partial charge in [0.15, 0.2) is 0 Å². The maximum Gasteiger partial charge on any atom is 0.268 e. The molecule has 4 nitrogen and oxygen atoms in total. The highest BCUT2D eigenvalue weighted by atomic mass is 79.9. The van der Waals surface area contributed by atoms with E-state index in [0.717, 1.165) is 22.9 Å². The van der Waals surface area contributed by atoms with E-state index in [0.29, 0.717) is 18.3 Å². The molecule has 1 aliphatic carbocycles. The van der Waals surface area contributed by atoms with Crippen molar-refractivity contribution in [3.05, 3.63) is 58.3 Å². The number of hydrogen-bond donors (Lipinski definition) is 2. The summed E-state index contributed by atoms with van der Waals surface area (Å²) >= 11 is 3.44. The van der Waals surface area contributed by atoms with Crippen molar-refractivity contribution in [1.29, 1.82) is 0 Å². The minimum atomic E-state index is -0.192. The van der Waals surface area contributed by atoms with Crippen molar-refractivity contribution in [3.8, 4) is 0 Å². The maximum atomic E-state index is 12.3.